The third kappa shape index (κ3) is 5.72. The molecule has 1 aromatic carbocycles. The number of aliphatic hydroxyl groups is 2. The van der Waals surface area contributed by atoms with Crippen LogP contribution < -0.4 is 10.1 Å². The van der Waals surface area contributed by atoms with E-state index in [0.29, 0.717) is 12.0 Å². The summed E-state index contributed by atoms with van der Waals surface area (Å²) in [6.07, 6.45) is -2.57. The minimum Gasteiger partial charge on any atom is -0.404 e. The Morgan fingerprint density at radius 1 is 1.29 bits per heavy atom. The molecule has 1 aliphatic rings. The van der Waals surface area contributed by atoms with Crippen LogP contribution in [0, 0.1) is 12.8 Å². The van der Waals surface area contributed by atoms with Gasteiger partial charge in [-0.25, -0.2) is 9.97 Å². The normalized spacial score (nSPS) is 22.3. The van der Waals surface area contributed by atoms with Gasteiger partial charge in [-0.1, -0.05) is 17.7 Å². The minimum absolute atomic E-state index is 0.0469. The Morgan fingerprint density at radius 2 is 2.06 bits per heavy atom. The molecule has 0 aliphatic heterocycles. The lowest BCUT2D eigenvalue weighted by molar-refractivity contribution is -0.274. The van der Waals surface area contributed by atoms with E-state index in [0.717, 1.165) is 6.07 Å². The summed E-state index contributed by atoms with van der Waals surface area (Å²) in [4.78, 5) is 21.1. The van der Waals surface area contributed by atoms with E-state index in [1.807, 2.05) is 0 Å². The first-order chi connectivity index (χ1) is 16.5. The number of alkyl halides is 3. The number of carbonyl (C=O) groups is 1. The Hall–Kier alpha value is -3.22. The van der Waals surface area contributed by atoms with E-state index >= 15 is 0 Å². The predicted octanol–water partition coefficient (Wildman–Crippen LogP) is 2.86. The third-order valence-electron chi connectivity index (χ3n) is 5.52. The molecule has 0 amide bonds. The third-order valence-corrected chi connectivity index (χ3v) is 5.83. The minimum atomic E-state index is -4.89. The lowest BCUT2D eigenvalue weighted by atomic mass is 10.1. The number of ketones is 1. The van der Waals surface area contributed by atoms with Crippen LogP contribution in [-0.2, 0) is 6.54 Å². The smallest absolute Gasteiger partial charge is 0.404 e. The fourth-order valence-corrected chi connectivity index (χ4v) is 3.95. The quantitative estimate of drug-likeness (QED) is 0.415. The van der Waals surface area contributed by atoms with Crippen molar-refractivity contribution in [3.63, 3.8) is 0 Å². The molecule has 4 atom stereocenters. The molecule has 35 heavy (non-hydrogen) atoms. The number of hydrogen-bond donors (Lipinski definition) is 3. The molecule has 2 heterocycles. The molecule has 0 unspecified atom stereocenters. The zero-order chi connectivity index (χ0) is 25.3. The number of ether oxygens (including phenoxy) is 1. The highest BCUT2D eigenvalue weighted by atomic mass is 35.5. The number of halogens is 4. The summed E-state index contributed by atoms with van der Waals surface area (Å²) in [5, 5.41) is 27.1. The number of nitrogens with one attached hydrogen (secondary N) is 1. The van der Waals surface area contributed by atoms with Gasteiger partial charge >= 0.3 is 6.36 Å². The summed E-state index contributed by atoms with van der Waals surface area (Å²) in [7, 11) is 0. The first kappa shape index (κ1) is 24.9. The van der Waals surface area contributed by atoms with Crippen LogP contribution in [0.15, 0.2) is 43.0 Å². The Balaban J connectivity index is 1.50. The molecule has 1 saturated carbocycles. The topological polar surface area (TPSA) is 122 Å². The average Bonchev–Trinajstić information content (AvgIpc) is 3.35. The van der Waals surface area contributed by atoms with Crippen LogP contribution >= 0.6 is 11.6 Å². The van der Waals surface area contributed by atoms with E-state index < -0.39 is 36.1 Å². The summed E-state index contributed by atoms with van der Waals surface area (Å²) in [5.41, 5.74) is 0.558. The van der Waals surface area contributed by atoms with Gasteiger partial charge in [0.25, 0.3) is 0 Å². The van der Waals surface area contributed by atoms with E-state index in [1.54, 1.807) is 0 Å². The van der Waals surface area contributed by atoms with Crippen molar-refractivity contribution < 1.29 is 32.9 Å². The fraction of sp³-hybridized carbons (Fsp3) is 0.318. The largest absolute Gasteiger partial charge is 0.573 e. The molecule has 185 valence electrons. The average molecular weight is 511 g/mol. The van der Waals surface area contributed by atoms with Crippen LogP contribution in [0.2, 0.25) is 5.02 Å². The highest BCUT2D eigenvalue weighted by Crippen LogP contribution is 2.31. The van der Waals surface area contributed by atoms with Gasteiger partial charge < -0.3 is 20.3 Å². The van der Waals surface area contributed by atoms with Crippen molar-refractivity contribution in [1.29, 1.82) is 0 Å². The maximum absolute atomic E-state index is 13.1. The number of benzene rings is 1. The van der Waals surface area contributed by atoms with Crippen molar-refractivity contribution in [2.45, 2.75) is 37.6 Å². The lowest BCUT2D eigenvalue weighted by Gasteiger charge is -2.19. The summed E-state index contributed by atoms with van der Waals surface area (Å²) < 4.78 is 43.0. The SMILES string of the molecule is [CH2][C@@H]1C[C@@H](Nc2ncncc2C(=O)c2ccn(Cc3ccc(Cl)c(OC(F)(F)F)c3)n2)[C@H](O)[C@@H]1O. The number of nitrogens with zero attached hydrogens (tertiary/aromatic N) is 4. The number of aromatic nitrogens is 4. The molecule has 0 spiro atoms. The van der Waals surface area contributed by atoms with E-state index in [9.17, 15) is 28.2 Å². The van der Waals surface area contributed by atoms with Crippen LogP contribution in [-0.4, -0.2) is 60.4 Å². The van der Waals surface area contributed by atoms with Crippen molar-refractivity contribution in [3.8, 4) is 5.75 Å². The molecule has 1 aliphatic carbocycles. The number of anilines is 1. The molecule has 0 saturated heterocycles. The van der Waals surface area contributed by atoms with Crippen LogP contribution in [0.1, 0.15) is 28.0 Å². The molecule has 1 radical (unpaired) electrons. The monoisotopic (exact) mass is 510 g/mol. The van der Waals surface area contributed by atoms with Crippen LogP contribution in [0.3, 0.4) is 0 Å². The van der Waals surface area contributed by atoms with Crippen molar-refractivity contribution >= 4 is 23.2 Å². The summed E-state index contributed by atoms with van der Waals surface area (Å²) in [6.45, 7) is 3.85. The molecule has 3 N–H and O–H groups in total. The summed E-state index contributed by atoms with van der Waals surface area (Å²) in [6, 6.07) is 4.81. The van der Waals surface area contributed by atoms with Gasteiger partial charge in [-0.2, -0.15) is 5.10 Å². The molecule has 3 aromatic rings. The summed E-state index contributed by atoms with van der Waals surface area (Å²) >= 11 is 5.78. The molecule has 9 nitrogen and oxygen atoms in total. The Labute approximate surface area is 202 Å². The lowest BCUT2D eigenvalue weighted by Crippen LogP contribution is -2.35. The highest BCUT2D eigenvalue weighted by molar-refractivity contribution is 6.32. The van der Waals surface area contributed by atoms with E-state index in [-0.39, 0.29) is 34.6 Å². The highest BCUT2D eigenvalue weighted by Gasteiger charge is 2.39. The Morgan fingerprint density at radius 3 is 2.74 bits per heavy atom. The Bertz CT molecular complexity index is 1220. The maximum Gasteiger partial charge on any atom is 0.573 e. The van der Waals surface area contributed by atoms with Crippen molar-refractivity contribution in [3.05, 3.63) is 71.8 Å². The molecule has 1 fully saturated rings. The molecule has 2 aromatic heterocycles. The number of aliphatic hydroxyl groups excluding tert-OH is 2. The van der Waals surface area contributed by atoms with Gasteiger partial charge in [0, 0.05) is 12.4 Å². The van der Waals surface area contributed by atoms with Crippen LogP contribution in [0.4, 0.5) is 19.0 Å². The van der Waals surface area contributed by atoms with Gasteiger partial charge in [-0.3, -0.25) is 9.48 Å². The van der Waals surface area contributed by atoms with Gasteiger partial charge in [0.05, 0.1) is 29.3 Å². The van der Waals surface area contributed by atoms with E-state index in [4.69, 9.17) is 11.6 Å². The van der Waals surface area contributed by atoms with E-state index in [2.05, 4.69) is 32.0 Å². The second-order valence-corrected chi connectivity index (χ2v) is 8.46. The van der Waals surface area contributed by atoms with Gasteiger partial charge in [0.15, 0.2) is 0 Å². The second-order valence-electron chi connectivity index (χ2n) is 8.05. The van der Waals surface area contributed by atoms with Crippen LogP contribution in [0.25, 0.3) is 0 Å². The maximum atomic E-state index is 13.1. The zero-order valence-corrected chi connectivity index (χ0v) is 18.7. The molecular weight excluding hydrogens is 491 g/mol. The Kier molecular flexibility index (Phi) is 6.97. The summed E-state index contributed by atoms with van der Waals surface area (Å²) in [5.74, 6) is -1.27. The van der Waals surface area contributed by atoms with Crippen molar-refractivity contribution in [1.82, 2.24) is 19.7 Å². The predicted molar refractivity (Wildman–Crippen MR) is 118 cm³/mol. The van der Waals surface area contributed by atoms with E-state index in [1.165, 1.54) is 41.6 Å². The zero-order valence-electron chi connectivity index (χ0n) is 18.0. The van der Waals surface area contributed by atoms with Gasteiger partial charge in [0.1, 0.15) is 29.7 Å². The van der Waals surface area contributed by atoms with Crippen molar-refractivity contribution in [2.75, 3.05) is 5.32 Å². The fourth-order valence-electron chi connectivity index (χ4n) is 3.80. The molecular formula is C22H20ClF3N5O4. The van der Waals surface area contributed by atoms with Crippen molar-refractivity contribution in [2.24, 2.45) is 5.92 Å². The number of rotatable bonds is 7. The molecule has 13 heteroatoms. The standard InChI is InChI=1S/C22H20ClF3N5O4/c1-11-6-16(20(34)18(11)32)29-21-13(8-27-10-28-21)19(33)15-4-5-31(30-15)9-12-2-3-14(23)17(7-12)35-22(24,25)26/h2-5,7-8,10-11,16,18,20,32,34H,1,6,9H2,(H,27,28,29)/t11-,16-,18-,20+/m1/s1. The van der Waals surface area contributed by atoms with Gasteiger partial charge in [-0.05, 0) is 43.0 Å². The molecule has 0 bridgehead atoms. The number of carbonyl (C=O) groups excluding carboxylic acids is 1. The first-order valence-corrected chi connectivity index (χ1v) is 10.8. The second kappa shape index (κ2) is 9.80. The number of hydrogen-bond acceptors (Lipinski definition) is 8. The van der Waals surface area contributed by atoms with Crippen LogP contribution in [0.5, 0.6) is 5.75 Å². The van der Waals surface area contributed by atoms with Gasteiger partial charge in [-0.15, -0.1) is 13.2 Å². The van der Waals surface area contributed by atoms with Gasteiger partial charge in [0.2, 0.25) is 5.78 Å². The molecule has 4 rings (SSSR count). The first-order valence-electron chi connectivity index (χ1n) is 10.4.